The number of fused-ring (bicyclic) bond motifs is 1. The van der Waals surface area contributed by atoms with Crippen molar-refractivity contribution in [2.75, 3.05) is 19.2 Å². The van der Waals surface area contributed by atoms with Crippen LogP contribution in [0.25, 0.3) is 5.69 Å². The van der Waals surface area contributed by atoms with Crippen molar-refractivity contribution in [2.45, 2.75) is 6.54 Å². The van der Waals surface area contributed by atoms with Crippen molar-refractivity contribution >= 4 is 5.82 Å². The molecule has 0 aliphatic carbocycles. The highest BCUT2D eigenvalue weighted by atomic mass is 16.7. The van der Waals surface area contributed by atoms with Crippen molar-refractivity contribution in [3.63, 3.8) is 0 Å². The zero-order valence-electron chi connectivity index (χ0n) is 14.1. The first-order valence-electron chi connectivity index (χ1n) is 8.09. The number of methoxy groups -OCH3 is 1. The molecule has 4 rings (SSSR count). The molecule has 2 heterocycles. The average Bonchev–Trinajstić information content (AvgIpc) is 3.15. The molecule has 0 unspecified atom stereocenters. The fourth-order valence-corrected chi connectivity index (χ4v) is 2.72. The Labute approximate surface area is 149 Å². The van der Waals surface area contributed by atoms with E-state index >= 15 is 0 Å². The molecule has 1 aromatic heterocycles. The van der Waals surface area contributed by atoms with Gasteiger partial charge in [-0.3, -0.25) is 9.36 Å². The summed E-state index contributed by atoms with van der Waals surface area (Å²) in [5, 5.41) is 3.09. The smallest absolute Gasteiger partial charge is 0.297 e. The van der Waals surface area contributed by atoms with Gasteiger partial charge in [0.05, 0.1) is 7.11 Å². The molecule has 0 bridgehead atoms. The predicted octanol–water partition coefficient (Wildman–Crippen LogP) is 2.58. The Morgan fingerprint density at radius 2 is 1.96 bits per heavy atom. The molecule has 0 radical (unpaired) electrons. The molecule has 7 heteroatoms. The van der Waals surface area contributed by atoms with E-state index in [1.165, 1.54) is 4.57 Å². The Balaban J connectivity index is 1.54. The minimum atomic E-state index is -0.224. The normalized spacial score (nSPS) is 12.0. The fraction of sp³-hybridized carbons (Fsp3) is 0.158. The number of benzene rings is 2. The third-order valence-corrected chi connectivity index (χ3v) is 4.09. The summed E-state index contributed by atoms with van der Waals surface area (Å²) in [6, 6.07) is 12.9. The second-order valence-electron chi connectivity index (χ2n) is 5.69. The van der Waals surface area contributed by atoms with Crippen LogP contribution in [0, 0.1) is 0 Å². The highest BCUT2D eigenvalue weighted by Gasteiger charge is 2.13. The van der Waals surface area contributed by atoms with Gasteiger partial charge in [-0.05, 0) is 42.0 Å². The minimum absolute atomic E-state index is 0.224. The van der Waals surface area contributed by atoms with Crippen molar-refractivity contribution < 1.29 is 14.2 Å². The van der Waals surface area contributed by atoms with Gasteiger partial charge in [-0.25, -0.2) is 4.98 Å². The Kier molecular flexibility index (Phi) is 4.18. The van der Waals surface area contributed by atoms with Crippen LogP contribution in [0.4, 0.5) is 5.82 Å². The van der Waals surface area contributed by atoms with E-state index in [1.807, 2.05) is 42.5 Å². The maximum Gasteiger partial charge on any atom is 0.297 e. The number of nitrogens with zero attached hydrogens (tertiary/aromatic N) is 2. The topological polar surface area (TPSA) is 74.6 Å². The van der Waals surface area contributed by atoms with Gasteiger partial charge in [0.1, 0.15) is 5.75 Å². The van der Waals surface area contributed by atoms with Crippen LogP contribution in [-0.2, 0) is 6.54 Å². The number of rotatable bonds is 5. The molecule has 0 saturated carbocycles. The number of nitrogens with one attached hydrogen (secondary N) is 1. The number of ether oxygens (including phenoxy) is 3. The zero-order valence-corrected chi connectivity index (χ0v) is 14.1. The second kappa shape index (κ2) is 6.79. The summed E-state index contributed by atoms with van der Waals surface area (Å²) in [6.45, 7) is 0.685. The summed E-state index contributed by atoms with van der Waals surface area (Å²) in [6.07, 6.45) is 3.23. The largest absolute Gasteiger partial charge is 0.497 e. The van der Waals surface area contributed by atoms with Crippen LogP contribution < -0.4 is 25.1 Å². The van der Waals surface area contributed by atoms with Crippen LogP contribution >= 0.6 is 0 Å². The van der Waals surface area contributed by atoms with Crippen LogP contribution in [0.1, 0.15) is 5.56 Å². The standard InChI is InChI=1S/C19H17N3O4/c1-24-15-5-3-14(4-6-15)22-9-8-20-18(19(22)23)21-11-13-2-7-16-17(10-13)26-12-25-16/h2-10H,11-12H2,1H3,(H,20,21). The molecule has 7 nitrogen and oxygen atoms in total. The number of hydrogen-bond acceptors (Lipinski definition) is 6. The van der Waals surface area contributed by atoms with E-state index < -0.39 is 0 Å². The molecule has 0 amide bonds. The molecule has 1 aliphatic rings. The quantitative estimate of drug-likeness (QED) is 0.762. The predicted molar refractivity (Wildman–Crippen MR) is 96.3 cm³/mol. The van der Waals surface area contributed by atoms with E-state index in [0.717, 1.165) is 22.7 Å². The van der Waals surface area contributed by atoms with Gasteiger partial charge in [0, 0.05) is 24.6 Å². The third kappa shape index (κ3) is 3.06. The second-order valence-corrected chi connectivity index (χ2v) is 5.69. The summed E-state index contributed by atoms with van der Waals surface area (Å²) in [7, 11) is 1.60. The SMILES string of the molecule is COc1ccc(-n2ccnc(NCc3ccc4c(c3)OCO4)c2=O)cc1. The molecule has 0 spiro atoms. The van der Waals surface area contributed by atoms with Gasteiger partial charge in [-0.15, -0.1) is 0 Å². The summed E-state index contributed by atoms with van der Waals surface area (Å²) in [5.41, 5.74) is 1.48. The lowest BCUT2D eigenvalue weighted by molar-refractivity contribution is 0.174. The number of anilines is 1. The van der Waals surface area contributed by atoms with Crippen molar-refractivity contribution in [2.24, 2.45) is 0 Å². The van der Waals surface area contributed by atoms with E-state index in [2.05, 4.69) is 10.3 Å². The molecule has 0 fully saturated rings. The first-order valence-corrected chi connectivity index (χ1v) is 8.09. The summed E-state index contributed by atoms with van der Waals surface area (Å²) >= 11 is 0. The molecular weight excluding hydrogens is 334 g/mol. The third-order valence-electron chi connectivity index (χ3n) is 4.09. The van der Waals surface area contributed by atoms with Crippen LogP contribution in [-0.4, -0.2) is 23.5 Å². The van der Waals surface area contributed by atoms with Gasteiger partial charge in [0.2, 0.25) is 6.79 Å². The van der Waals surface area contributed by atoms with Crippen molar-refractivity contribution in [3.8, 4) is 22.9 Å². The highest BCUT2D eigenvalue weighted by Crippen LogP contribution is 2.32. The molecule has 2 aromatic carbocycles. The molecule has 1 N–H and O–H groups in total. The first-order chi connectivity index (χ1) is 12.7. The van der Waals surface area contributed by atoms with Gasteiger partial charge >= 0.3 is 0 Å². The van der Waals surface area contributed by atoms with E-state index in [9.17, 15) is 4.79 Å². The lowest BCUT2D eigenvalue weighted by atomic mass is 10.2. The average molecular weight is 351 g/mol. The summed E-state index contributed by atoms with van der Waals surface area (Å²) in [4.78, 5) is 16.9. The van der Waals surface area contributed by atoms with Crippen LogP contribution in [0.5, 0.6) is 17.2 Å². The van der Waals surface area contributed by atoms with Crippen molar-refractivity contribution in [3.05, 3.63) is 70.8 Å². The molecule has 26 heavy (non-hydrogen) atoms. The molecule has 1 aliphatic heterocycles. The van der Waals surface area contributed by atoms with Crippen molar-refractivity contribution in [1.29, 1.82) is 0 Å². The van der Waals surface area contributed by atoms with Crippen LogP contribution in [0.2, 0.25) is 0 Å². The monoisotopic (exact) mass is 351 g/mol. The Morgan fingerprint density at radius 1 is 1.15 bits per heavy atom. The minimum Gasteiger partial charge on any atom is -0.497 e. The van der Waals surface area contributed by atoms with Gasteiger partial charge in [0.25, 0.3) is 5.56 Å². The Hall–Kier alpha value is -3.48. The van der Waals surface area contributed by atoms with E-state index in [4.69, 9.17) is 14.2 Å². The molecular formula is C19H17N3O4. The number of aromatic nitrogens is 2. The van der Waals surface area contributed by atoms with Gasteiger partial charge < -0.3 is 19.5 Å². The maximum absolute atomic E-state index is 12.7. The lowest BCUT2D eigenvalue weighted by Crippen LogP contribution is -2.23. The summed E-state index contributed by atoms with van der Waals surface area (Å²) in [5.74, 6) is 2.45. The maximum atomic E-state index is 12.7. The van der Waals surface area contributed by atoms with Crippen LogP contribution in [0.3, 0.4) is 0 Å². The number of hydrogen-bond donors (Lipinski definition) is 1. The van der Waals surface area contributed by atoms with Gasteiger partial charge in [-0.1, -0.05) is 6.07 Å². The lowest BCUT2D eigenvalue weighted by Gasteiger charge is -2.10. The van der Waals surface area contributed by atoms with E-state index in [0.29, 0.717) is 12.3 Å². The van der Waals surface area contributed by atoms with Gasteiger partial charge in [0.15, 0.2) is 17.3 Å². The Bertz CT molecular complexity index is 983. The van der Waals surface area contributed by atoms with E-state index in [1.54, 1.807) is 19.5 Å². The summed E-state index contributed by atoms with van der Waals surface area (Å²) < 4.78 is 17.4. The highest BCUT2D eigenvalue weighted by molar-refractivity contribution is 5.46. The molecule has 3 aromatic rings. The fourth-order valence-electron chi connectivity index (χ4n) is 2.72. The molecule has 132 valence electrons. The zero-order chi connectivity index (χ0) is 17.9. The molecule has 0 atom stereocenters. The van der Waals surface area contributed by atoms with Gasteiger partial charge in [-0.2, -0.15) is 0 Å². The van der Waals surface area contributed by atoms with Crippen LogP contribution in [0.15, 0.2) is 59.7 Å². The van der Waals surface area contributed by atoms with E-state index in [-0.39, 0.29) is 18.2 Å². The molecule has 0 saturated heterocycles. The first kappa shape index (κ1) is 16.0. The van der Waals surface area contributed by atoms with Crippen molar-refractivity contribution in [1.82, 2.24) is 9.55 Å². The Morgan fingerprint density at radius 3 is 2.77 bits per heavy atom.